The Bertz CT molecular complexity index is 1100. The van der Waals surface area contributed by atoms with Gasteiger partial charge in [0.2, 0.25) is 0 Å². The topological polar surface area (TPSA) is 85.6 Å². The summed E-state index contributed by atoms with van der Waals surface area (Å²) in [6.45, 7) is 4.18. The maximum absolute atomic E-state index is 13.7. The highest BCUT2D eigenvalue weighted by Gasteiger charge is 2.40. The summed E-state index contributed by atoms with van der Waals surface area (Å²) < 4.78 is 63.7. The number of hydrogen-bond acceptors (Lipinski definition) is 5. The third-order valence-electron chi connectivity index (χ3n) is 5.98. The van der Waals surface area contributed by atoms with E-state index in [0.29, 0.717) is 42.8 Å². The summed E-state index contributed by atoms with van der Waals surface area (Å²) in [6, 6.07) is 2.31. The molecule has 12 heteroatoms. The van der Waals surface area contributed by atoms with E-state index in [1.54, 1.807) is 10.9 Å². The van der Waals surface area contributed by atoms with E-state index in [1.807, 2.05) is 0 Å². The van der Waals surface area contributed by atoms with E-state index >= 15 is 0 Å². The van der Waals surface area contributed by atoms with Crippen molar-refractivity contribution in [3.63, 3.8) is 0 Å². The molecule has 2 aromatic rings. The van der Waals surface area contributed by atoms with Crippen LogP contribution < -0.4 is 14.8 Å². The van der Waals surface area contributed by atoms with E-state index in [2.05, 4.69) is 17.0 Å². The lowest BCUT2D eigenvalue weighted by atomic mass is 9.80. The molecule has 2 heterocycles. The number of allylic oxidation sites excluding steroid dienone is 1. The Balaban J connectivity index is 1.21. The number of carbonyl (C=O) groups excluding carboxylic acids is 1. The molecule has 190 valence electrons. The molecule has 0 saturated heterocycles. The molecule has 4 rings (SSSR count). The highest BCUT2D eigenvalue weighted by atomic mass is 35.5. The number of aryl methyl sites for hydroxylation is 1. The number of aliphatic hydroxyl groups is 1. The second-order valence-corrected chi connectivity index (χ2v) is 9.25. The summed E-state index contributed by atoms with van der Waals surface area (Å²) in [5.41, 5.74) is 0.696. The summed E-state index contributed by atoms with van der Waals surface area (Å²) in [7, 11) is 0. The van der Waals surface area contributed by atoms with Crippen LogP contribution in [0.1, 0.15) is 43.8 Å². The Morgan fingerprint density at radius 2 is 2.09 bits per heavy atom. The monoisotopic (exact) mass is 517 g/mol. The van der Waals surface area contributed by atoms with Crippen LogP contribution in [0.3, 0.4) is 0 Å². The van der Waals surface area contributed by atoms with Gasteiger partial charge in [0.1, 0.15) is 11.6 Å². The van der Waals surface area contributed by atoms with E-state index in [0.717, 1.165) is 6.07 Å². The predicted molar refractivity (Wildman–Crippen MR) is 117 cm³/mol. The summed E-state index contributed by atoms with van der Waals surface area (Å²) in [4.78, 5) is 12.6. The van der Waals surface area contributed by atoms with Gasteiger partial charge < -0.3 is 19.9 Å². The van der Waals surface area contributed by atoms with Gasteiger partial charge in [0.25, 0.3) is 5.91 Å². The third-order valence-corrected chi connectivity index (χ3v) is 6.27. The first-order valence-corrected chi connectivity index (χ1v) is 11.4. The summed E-state index contributed by atoms with van der Waals surface area (Å²) in [5.74, 6) is -1.13. The van der Waals surface area contributed by atoms with Gasteiger partial charge in [-0.25, -0.2) is 4.39 Å². The molecule has 1 aliphatic carbocycles. The van der Waals surface area contributed by atoms with E-state index in [4.69, 9.17) is 21.1 Å². The van der Waals surface area contributed by atoms with E-state index in [-0.39, 0.29) is 23.3 Å². The first-order chi connectivity index (χ1) is 16.5. The van der Waals surface area contributed by atoms with Crippen LogP contribution >= 0.6 is 11.6 Å². The molecule has 0 spiro atoms. The zero-order chi connectivity index (χ0) is 25.3. The van der Waals surface area contributed by atoms with Crippen molar-refractivity contribution in [2.45, 2.75) is 63.1 Å². The Labute approximate surface area is 203 Å². The molecule has 1 aromatic carbocycles. The molecular weight excluding hydrogens is 494 g/mol. The predicted octanol–water partition coefficient (Wildman–Crippen LogP) is 4.69. The number of rotatable bonds is 8. The van der Waals surface area contributed by atoms with Gasteiger partial charge in [-0.2, -0.15) is 18.3 Å². The highest BCUT2D eigenvalue weighted by Crippen LogP contribution is 2.39. The normalized spacial score (nSPS) is 23.6. The summed E-state index contributed by atoms with van der Waals surface area (Å²) in [6.07, 6.45) is -3.15. The lowest BCUT2D eigenvalue weighted by Crippen LogP contribution is -2.41. The smallest absolute Gasteiger partial charge is 0.389 e. The number of ether oxygens (including phenoxy) is 2. The molecule has 1 amide bonds. The first-order valence-electron chi connectivity index (χ1n) is 11.0. The Kier molecular flexibility index (Phi) is 7.27. The van der Waals surface area contributed by atoms with Gasteiger partial charge in [0.15, 0.2) is 11.9 Å². The fraction of sp³-hybridized carbons (Fsp3) is 0.478. The number of fused-ring (bicyclic) bond motifs is 1. The molecule has 1 aliphatic heterocycles. The average Bonchev–Trinajstić information content (AvgIpc) is 3.18. The van der Waals surface area contributed by atoms with Crippen molar-refractivity contribution < 1.29 is 36.9 Å². The van der Waals surface area contributed by atoms with Crippen LogP contribution in [0.5, 0.6) is 11.5 Å². The maximum Gasteiger partial charge on any atom is 0.389 e. The van der Waals surface area contributed by atoms with Crippen molar-refractivity contribution in [1.29, 1.82) is 0 Å². The number of benzene rings is 1. The Morgan fingerprint density at radius 1 is 1.34 bits per heavy atom. The van der Waals surface area contributed by atoms with Crippen LogP contribution in [0, 0.1) is 11.7 Å². The van der Waals surface area contributed by atoms with Gasteiger partial charge in [-0.1, -0.05) is 18.2 Å². The summed E-state index contributed by atoms with van der Waals surface area (Å²) in [5, 5.41) is 16.9. The van der Waals surface area contributed by atoms with Crippen LogP contribution in [-0.4, -0.2) is 39.2 Å². The largest absolute Gasteiger partial charge is 0.487 e. The lowest BCUT2D eigenvalue weighted by Gasteiger charge is -2.35. The SMILES string of the molecule is C=C(CCn1cc(O[C@H]2C[C@@H](CC(F)(F)F)C2)cn1)NC(=O)[C@@H]1C[C@@H](O)c2cc(Cl)c(F)cc2O1. The first kappa shape index (κ1) is 25.3. The molecule has 35 heavy (non-hydrogen) atoms. The molecule has 2 N–H and O–H groups in total. The van der Waals surface area contributed by atoms with Crippen molar-refractivity contribution in [2.24, 2.45) is 5.92 Å². The zero-order valence-corrected chi connectivity index (χ0v) is 19.3. The van der Waals surface area contributed by atoms with Crippen LogP contribution in [-0.2, 0) is 11.3 Å². The quantitative estimate of drug-likeness (QED) is 0.496. The molecule has 7 nitrogen and oxygen atoms in total. The van der Waals surface area contributed by atoms with Crippen molar-refractivity contribution in [1.82, 2.24) is 15.1 Å². The average molecular weight is 518 g/mol. The van der Waals surface area contributed by atoms with Crippen LogP contribution in [0.25, 0.3) is 0 Å². The zero-order valence-electron chi connectivity index (χ0n) is 18.5. The van der Waals surface area contributed by atoms with Crippen molar-refractivity contribution in [2.75, 3.05) is 0 Å². The number of aromatic nitrogens is 2. The number of nitrogens with zero attached hydrogens (tertiary/aromatic N) is 2. The van der Waals surface area contributed by atoms with Gasteiger partial charge in [-0.3, -0.25) is 9.48 Å². The second-order valence-electron chi connectivity index (χ2n) is 8.84. The Morgan fingerprint density at radius 3 is 2.80 bits per heavy atom. The molecule has 2 atom stereocenters. The molecular formula is C23H24ClF4N3O4. The number of alkyl halides is 3. The number of halogens is 5. The van der Waals surface area contributed by atoms with Crippen molar-refractivity contribution in [3.8, 4) is 11.5 Å². The van der Waals surface area contributed by atoms with Crippen molar-refractivity contribution >= 4 is 17.5 Å². The number of hydrogen-bond donors (Lipinski definition) is 2. The summed E-state index contributed by atoms with van der Waals surface area (Å²) >= 11 is 5.74. The molecule has 0 radical (unpaired) electrons. The van der Waals surface area contributed by atoms with E-state index in [1.165, 1.54) is 12.3 Å². The van der Waals surface area contributed by atoms with Crippen LogP contribution in [0.4, 0.5) is 17.6 Å². The minimum Gasteiger partial charge on any atom is -0.487 e. The van der Waals surface area contributed by atoms with Gasteiger partial charge in [-0.15, -0.1) is 0 Å². The molecule has 0 bridgehead atoms. The van der Waals surface area contributed by atoms with Crippen molar-refractivity contribution in [3.05, 3.63) is 53.2 Å². The van der Waals surface area contributed by atoms with Crippen LogP contribution in [0.2, 0.25) is 5.02 Å². The van der Waals surface area contributed by atoms with Crippen LogP contribution in [0.15, 0.2) is 36.8 Å². The maximum atomic E-state index is 13.7. The second kappa shape index (κ2) is 10.1. The molecule has 1 saturated carbocycles. The van der Waals surface area contributed by atoms with Gasteiger partial charge in [0.05, 0.1) is 29.6 Å². The highest BCUT2D eigenvalue weighted by molar-refractivity contribution is 6.30. The van der Waals surface area contributed by atoms with E-state index in [9.17, 15) is 27.5 Å². The molecule has 0 unspecified atom stereocenters. The minimum atomic E-state index is -4.15. The fourth-order valence-corrected chi connectivity index (χ4v) is 4.32. The van der Waals surface area contributed by atoms with Gasteiger partial charge >= 0.3 is 6.18 Å². The Hall–Kier alpha value is -2.79. The van der Waals surface area contributed by atoms with Gasteiger partial charge in [0, 0.05) is 43.1 Å². The van der Waals surface area contributed by atoms with Gasteiger partial charge in [-0.05, 0) is 24.8 Å². The molecule has 2 aliphatic rings. The number of nitrogens with one attached hydrogen (secondary N) is 1. The number of aliphatic hydroxyl groups excluding tert-OH is 1. The number of carbonyl (C=O) groups is 1. The molecule has 1 fully saturated rings. The number of amides is 1. The lowest BCUT2D eigenvalue weighted by molar-refractivity contribution is -0.156. The standard InChI is InChI=1S/C23H24ClF4N3O4/c1-12(30-22(33)21-8-19(32)16-6-17(24)18(25)7-20(16)35-21)2-3-31-11-15(10-29-31)34-14-4-13(5-14)9-23(26,27)28/h6-7,10-11,13-14,19,21,32H,1-5,8-9H2,(H,30,33)/t13-,14+,19-,21+/m1/s1. The molecule has 1 aromatic heterocycles. The van der Waals surface area contributed by atoms with E-state index < -0.39 is 42.4 Å². The third kappa shape index (κ3) is 6.46. The fourth-order valence-electron chi connectivity index (χ4n) is 4.15. The minimum absolute atomic E-state index is 0.0288.